The van der Waals surface area contributed by atoms with Crippen LogP contribution in [0.4, 0.5) is 0 Å². The van der Waals surface area contributed by atoms with Crippen LogP contribution in [0.25, 0.3) is 0 Å². The summed E-state index contributed by atoms with van der Waals surface area (Å²) in [6, 6.07) is 8.71. The van der Waals surface area contributed by atoms with Gasteiger partial charge in [-0.2, -0.15) is 11.8 Å². The van der Waals surface area contributed by atoms with Gasteiger partial charge in [-0.15, -0.1) is 6.58 Å². The number of rotatable bonds is 7. The lowest BCUT2D eigenvalue weighted by atomic mass is 10.2. The summed E-state index contributed by atoms with van der Waals surface area (Å²) in [4.78, 5) is 4.13. The molecule has 2 N–H and O–H groups in total. The van der Waals surface area contributed by atoms with Crippen LogP contribution in [0.5, 0.6) is 0 Å². The molecule has 0 fully saturated rings. The van der Waals surface area contributed by atoms with E-state index in [9.17, 15) is 0 Å². The zero-order chi connectivity index (χ0) is 13.9. The van der Waals surface area contributed by atoms with Crippen molar-refractivity contribution in [2.45, 2.75) is 12.7 Å². The summed E-state index contributed by atoms with van der Waals surface area (Å²) in [5, 5.41) is 6.42. The third-order valence-electron chi connectivity index (χ3n) is 2.57. The Labute approximate surface area is 120 Å². The molecular formula is C15H23N3S. The van der Waals surface area contributed by atoms with E-state index in [1.165, 1.54) is 11.1 Å². The summed E-state index contributed by atoms with van der Waals surface area (Å²) in [6.45, 7) is 7.42. The average Bonchev–Trinajstić information content (AvgIpc) is 2.44. The topological polar surface area (TPSA) is 36.4 Å². The maximum Gasteiger partial charge on any atom is 0.191 e. The molecule has 0 radical (unpaired) electrons. The predicted octanol–water partition coefficient (Wildman–Crippen LogP) is 2.58. The van der Waals surface area contributed by atoms with Crippen LogP contribution in [-0.4, -0.2) is 31.8 Å². The molecule has 104 valence electrons. The number of hydrogen-bond acceptors (Lipinski definition) is 2. The number of aliphatic imine (C=N–C) groups is 1. The van der Waals surface area contributed by atoms with Gasteiger partial charge in [-0.3, -0.25) is 4.99 Å². The van der Waals surface area contributed by atoms with Crippen LogP contribution in [0.1, 0.15) is 11.1 Å². The van der Waals surface area contributed by atoms with E-state index in [-0.39, 0.29) is 0 Å². The van der Waals surface area contributed by atoms with Gasteiger partial charge in [0.1, 0.15) is 0 Å². The van der Waals surface area contributed by atoms with Gasteiger partial charge in [0.2, 0.25) is 0 Å². The number of guanidine groups is 1. The second kappa shape index (κ2) is 9.50. The Hall–Kier alpha value is -1.42. The van der Waals surface area contributed by atoms with E-state index in [1.54, 1.807) is 7.05 Å². The number of benzene rings is 1. The molecule has 0 saturated heterocycles. The molecule has 0 atom stereocenters. The van der Waals surface area contributed by atoms with Crippen LogP contribution < -0.4 is 10.6 Å². The van der Waals surface area contributed by atoms with Gasteiger partial charge in [-0.25, -0.2) is 0 Å². The number of nitrogens with zero attached hydrogens (tertiary/aromatic N) is 1. The van der Waals surface area contributed by atoms with Crippen LogP contribution in [-0.2, 0) is 5.75 Å². The van der Waals surface area contributed by atoms with E-state index in [0.717, 1.165) is 30.6 Å². The van der Waals surface area contributed by atoms with Gasteiger partial charge in [0, 0.05) is 31.6 Å². The molecular weight excluding hydrogens is 254 g/mol. The lowest BCUT2D eigenvalue weighted by molar-refractivity contribution is 0.885. The minimum Gasteiger partial charge on any atom is -0.356 e. The molecule has 0 heterocycles. The molecule has 0 aromatic heterocycles. The van der Waals surface area contributed by atoms with Crippen molar-refractivity contribution in [3.63, 3.8) is 0 Å². The number of hydrogen-bond donors (Lipinski definition) is 2. The van der Waals surface area contributed by atoms with E-state index < -0.39 is 0 Å². The molecule has 1 rings (SSSR count). The fraction of sp³-hybridized carbons (Fsp3) is 0.400. The van der Waals surface area contributed by atoms with Crippen molar-refractivity contribution in [2.75, 3.05) is 25.9 Å². The summed E-state index contributed by atoms with van der Waals surface area (Å²) in [5.41, 5.74) is 2.69. The Bertz CT molecular complexity index is 398. The minimum absolute atomic E-state index is 0.732. The summed E-state index contributed by atoms with van der Waals surface area (Å²) < 4.78 is 0. The van der Waals surface area contributed by atoms with Crippen LogP contribution >= 0.6 is 11.8 Å². The van der Waals surface area contributed by atoms with E-state index in [2.05, 4.69) is 53.4 Å². The lowest BCUT2D eigenvalue weighted by Crippen LogP contribution is -2.38. The molecule has 0 aliphatic rings. The fourth-order valence-electron chi connectivity index (χ4n) is 1.51. The molecule has 0 amide bonds. The fourth-order valence-corrected chi connectivity index (χ4v) is 2.32. The number of nitrogens with one attached hydrogen (secondary N) is 2. The van der Waals surface area contributed by atoms with Crippen molar-refractivity contribution < 1.29 is 0 Å². The first-order valence-corrected chi connectivity index (χ1v) is 7.60. The zero-order valence-corrected chi connectivity index (χ0v) is 12.6. The highest BCUT2D eigenvalue weighted by Crippen LogP contribution is 2.12. The SMILES string of the molecule is C=CCNC(=NC)NCCSCc1ccc(C)cc1. The predicted molar refractivity (Wildman–Crippen MR) is 86.9 cm³/mol. The normalized spacial score (nSPS) is 11.2. The van der Waals surface area contributed by atoms with Crippen molar-refractivity contribution in [3.8, 4) is 0 Å². The highest BCUT2D eigenvalue weighted by molar-refractivity contribution is 7.98. The van der Waals surface area contributed by atoms with Gasteiger partial charge in [0.25, 0.3) is 0 Å². The summed E-state index contributed by atoms with van der Waals surface area (Å²) >= 11 is 1.92. The molecule has 0 saturated carbocycles. The van der Waals surface area contributed by atoms with Crippen molar-refractivity contribution in [1.29, 1.82) is 0 Å². The van der Waals surface area contributed by atoms with Gasteiger partial charge in [0.05, 0.1) is 0 Å². The maximum absolute atomic E-state index is 4.13. The van der Waals surface area contributed by atoms with Gasteiger partial charge < -0.3 is 10.6 Å². The molecule has 0 spiro atoms. The Balaban J connectivity index is 2.13. The van der Waals surface area contributed by atoms with Crippen molar-refractivity contribution in [3.05, 3.63) is 48.0 Å². The first-order valence-electron chi connectivity index (χ1n) is 6.45. The molecule has 0 unspecified atom stereocenters. The Morgan fingerprint density at radius 2 is 2.05 bits per heavy atom. The minimum atomic E-state index is 0.732. The summed E-state index contributed by atoms with van der Waals surface area (Å²) in [6.07, 6.45) is 1.82. The van der Waals surface area contributed by atoms with Gasteiger partial charge in [-0.1, -0.05) is 35.9 Å². The third kappa shape index (κ3) is 6.91. The molecule has 19 heavy (non-hydrogen) atoms. The summed E-state index contributed by atoms with van der Waals surface area (Å²) in [7, 11) is 1.78. The molecule has 1 aromatic carbocycles. The van der Waals surface area contributed by atoms with E-state index in [4.69, 9.17) is 0 Å². The van der Waals surface area contributed by atoms with Crippen LogP contribution in [0.2, 0.25) is 0 Å². The van der Waals surface area contributed by atoms with Crippen molar-refractivity contribution in [1.82, 2.24) is 10.6 Å². The largest absolute Gasteiger partial charge is 0.356 e. The second-order valence-electron chi connectivity index (χ2n) is 4.21. The Morgan fingerprint density at radius 1 is 1.32 bits per heavy atom. The first kappa shape index (κ1) is 15.6. The smallest absolute Gasteiger partial charge is 0.191 e. The van der Waals surface area contributed by atoms with Crippen LogP contribution in [0, 0.1) is 6.92 Å². The van der Waals surface area contributed by atoms with Gasteiger partial charge in [-0.05, 0) is 12.5 Å². The van der Waals surface area contributed by atoms with Crippen LogP contribution in [0.3, 0.4) is 0 Å². The average molecular weight is 277 g/mol. The Morgan fingerprint density at radius 3 is 2.68 bits per heavy atom. The molecule has 0 aliphatic carbocycles. The van der Waals surface area contributed by atoms with E-state index in [0.29, 0.717) is 0 Å². The summed E-state index contributed by atoms with van der Waals surface area (Å²) in [5.74, 6) is 2.94. The third-order valence-corrected chi connectivity index (χ3v) is 3.60. The van der Waals surface area contributed by atoms with Crippen molar-refractivity contribution >= 4 is 17.7 Å². The quantitative estimate of drug-likeness (QED) is 0.348. The molecule has 1 aromatic rings. The molecule has 3 nitrogen and oxygen atoms in total. The second-order valence-corrected chi connectivity index (χ2v) is 5.31. The first-order chi connectivity index (χ1) is 9.26. The lowest BCUT2D eigenvalue weighted by Gasteiger charge is -2.10. The number of thioether (sulfide) groups is 1. The van der Waals surface area contributed by atoms with E-state index in [1.807, 2.05) is 17.8 Å². The maximum atomic E-state index is 4.13. The molecule has 0 bridgehead atoms. The highest BCUT2D eigenvalue weighted by atomic mass is 32.2. The van der Waals surface area contributed by atoms with E-state index >= 15 is 0 Å². The van der Waals surface area contributed by atoms with Crippen molar-refractivity contribution in [2.24, 2.45) is 4.99 Å². The standard InChI is InChI=1S/C15H23N3S/c1-4-9-17-15(16-3)18-10-11-19-12-14-7-5-13(2)6-8-14/h4-8H,1,9-12H2,2-3H3,(H2,16,17,18). The molecule has 0 aliphatic heterocycles. The van der Waals surface area contributed by atoms with Crippen LogP contribution in [0.15, 0.2) is 41.9 Å². The highest BCUT2D eigenvalue weighted by Gasteiger charge is 1.96. The Kier molecular flexibility index (Phi) is 7.82. The van der Waals surface area contributed by atoms with Gasteiger partial charge in [0.15, 0.2) is 5.96 Å². The monoisotopic (exact) mass is 277 g/mol. The number of aryl methyl sites for hydroxylation is 1. The molecule has 4 heteroatoms. The van der Waals surface area contributed by atoms with Gasteiger partial charge >= 0.3 is 0 Å². The zero-order valence-electron chi connectivity index (χ0n) is 11.8.